The van der Waals surface area contributed by atoms with Crippen LogP contribution in [0, 0.1) is 11.7 Å². The minimum absolute atomic E-state index is 0.105. The molecule has 0 saturated carbocycles. The standard InChI is InChI=1S/C25H31FN4O/c1-2-27-25(28-13-12-19-16-29-23-15-21(26)10-11-22(19)23)30-17-20-9-6-14-31-24(20)18-7-4-3-5-8-18/h3-5,7-8,10-11,15-16,20,24,29H,2,6,9,12-14,17H2,1H3,(H2,27,28,30). The third-order valence-corrected chi connectivity index (χ3v) is 5.82. The first-order chi connectivity index (χ1) is 15.2. The molecule has 164 valence electrons. The average Bonchev–Trinajstić information content (AvgIpc) is 3.20. The Kier molecular flexibility index (Phi) is 7.20. The number of guanidine groups is 1. The molecule has 1 aliphatic heterocycles. The van der Waals surface area contributed by atoms with Crippen LogP contribution in [-0.2, 0) is 11.2 Å². The summed E-state index contributed by atoms with van der Waals surface area (Å²) in [5.41, 5.74) is 3.24. The number of aromatic nitrogens is 1. The smallest absolute Gasteiger partial charge is 0.191 e. The lowest BCUT2D eigenvalue weighted by atomic mass is 9.89. The SMILES string of the molecule is CCNC(=NCC1CCCOC1c1ccccc1)NCCc1c[nH]c2cc(F)ccc12. The lowest BCUT2D eigenvalue weighted by Gasteiger charge is -2.31. The summed E-state index contributed by atoms with van der Waals surface area (Å²) in [6.45, 7) is 5.16. The summed E-state index contributed by atoms with van der Waals surface area (Å²) in [5.74, 6) is 0.974. The molecule has 4 rings (SSSR count). The lowest BCUT2D eigenvalue weighted by Crippen LogP contribution is -2.39. The maximum absolute atomic E-state index is 13.4. The second-order valence-corrected chi connectivity index (χ2v) is 8.00. The number of hydrogen-bond donors (Lipinski definition) is 3. The Labute approximate surface area is 183 Å². The summed E-state index contributed by atoms with van der Waals surface area (Å²) < 4.78 is 19.5. The number of hydrogen-bond acceptors (Lipinski definition) is 2. The van der Waals surface area contributed by atoms with Crippen LogP contribution < -0.4 is 10.6 Å². The third-order valence-electron chi connectivity index (χ3n) is 5.82. The highest BCUT2D eigenvalue weighted by atomic mass is 19.1. The Bertz CT molecular complexity index is 1000. The molecule has 2 aromatic carbocycles. The maximum Gasteiger partial charge on any atom is 0.191 e. The van der Waals surface area contributed by atoms with E-state index in [-0.39, 0.29) is 11.9 Å². The molecule has 1 fully saturated rings. The molecule has 1 aromatic heterocycles. The first-order valence-corrected chi connectivity index (χ1v) is 11.2. The van der Waals surface area contributed by atoms with Gasteiger partial charge in [0.1, 0.15) is 5.82 Å². The fourth-order valence-electron chi connectivity index (χ4n) is 4.27. The van der Waals surface area contributed by atoms with Crippen molar-refractivity contribution in [3.63, 3.8) is 0 Å². The fraction of sp³-hybridized carbons (Fsp3) is 0.400. The van der Waals surface area contributed by atoms with Crippen molar-refractivity contribution in [1.82, 2.24) is 15.6 Å². The Balaban J connectivity index is 1.37. The zero-order valence-electron chi connectivity index (χ0n) is 18.0. The van der Waals surface area contributed by atoms with Gasteiger partial charge in [0, 0.05) is 49.3 Å². The number of aromatic amines is 1. The highest BCUT2D eigenvalue weighted by Crippen LogP contribution is 2.33. The molecule has 0 aliphatic carbocycles. The van der Waals surface area contributed by atoms with Crippen LogP contribution in [0.25, 0.3) is 10.9 Å². The molecular weight excluding hydrogens is 391 g/mol. The highest BCUT2D eigenvalue weighted by Gasteiger charge is 2.27. The molecule has 0 amide bonds. The minimum atomic E-state index is -0.221. The predicted molar refractivity (Wildman–Crippen MR) is 124 cm³/mol. The van der Waals surface area contributed by atoms with Crippen LogP contribution in [0.3, 0.4) is 0 Å². The molecule has 0 radical (unpaired) electrons. The van der Waals surface area contributed by atoms with E-state index < -0.39 is 0 Å². The summed E-state index contributed by atoms with van der Waals surface area (Å²) in [6, 6.07) is 15.3. The normalized spacial score (nSPS) is 19.5. The van der Waals surface area contributed by atoms with Gasteiger partial charge in [-0.25, -0.2) is 4.39 Å². The van der Waals surface area contributed by atoms with Gasteiger partial charge in [-0.3, -0.25) is 4.99 Å². The number of H-pyrrole nitrogens is 1. The zero-order chi connectivity index (χ0) is 21.5. The van der Waals surface area contributed by atoms with Crippen LogP contribution in [0.5, 0.6) is 0 Å². The quantitative estimate of drug-likeness (QED) is 0.386. The second-order valence-electron chi connectivity index (χ2n) is 8.00. The first-order valence-electron chi connectivity index (χ1n) is 11.2. The summed E-state index contributed by atoms with van der Waals surface area (Å²) >= 11 is 0. The van der Waals surface area contributed by atoms with Gasteiger partial charge in [-0.05, 0) is 55.5 Å². The number of halogens is 1. The van der Waals surface area contributed by atoms with E-state index in [1.54, 1.807) is 0 Å². The van der Waals surface area contributed by atoms with Crippen molar-refractivity contribution in [3.05, 3.63) is 71.7 Å². The molecule has 1 saturated heterocycles. The van der Waals surface area contributed by atoms with Gasteiger partial charge in [0.15, 0.2) is 5.96 Å². The molecule has 1 aliphatic rings. The Hall–Kier alpha value is -2.86. The van der Waals surface area contributed by atoms with E-state index in [0.29, 0.717) is 5.92 Å². The van der Waals surface area contributed by atoms with Gasteiger partial charge in [-0.15, -0.1) is 0 Å². The molecule has 2 atom stereocenters. The van der Waals surface area contributed by atoms with E-state index in [0.717, 1.165) is 62.4 Å². The third kappa shape index (κ3) is 5.44. The van der Waals surface area contributed by atoms with Crippen LogP contribution in [0.1, 0.15) is 37.0 Å². The minimum Gasteiger partial charge on any atom is -0.373 e. The van der Waals surface area contributed by atoms with Crippen molar-refractivity contribution in [2.45, 2.75) is 32.3 Å². The molecule has 2 unspecified atom stereocenters. The number of nitrogens with one attached hydrogen (secondary N) is 3. The number of rotatable bonds is 7. The monoisotopic (exact) mass is 422 g/mol. The van der Waals surface area contributed by atoms with Gasteiger partial charge in [0.05, 0.1) is 6.10 Å². The highest BCUT2D eigenvalue weighted by molar-refractivity contribution is 5.83. The Morgan fingerprint density at radius 3 is 2.90 bits per heavy atom. The van der Waals surface area contributed by atoms with Crippen molar-refractivity contribution in [3.8, 4) is 0 Å². The average molecular weight is 423 g/mol. The van der Waals surface area contributed by atoms with Gasteiger partial charge in [-0.2, -0.15) is 0 Å². The first kappa shape index (κ1) is 21.4. The molecule has 5 nitrogen and oxygen atoms in total. The van der Waals surface area contributed by atoms with E-state index in [9.17, 15) is 4.39 Å². The Morgan fingerprint density at radius 2 is 2.06 bits per heavy atom. The van der Waals surface area contributed by atoms with Gasteiger partial charge in [-0.1, -0.05) is 30.3 Å². The van der Waals surface area contributed by atoms with Crippen molar-refractivity contribution < 1.29 is 9.13 Å². The number of nitrogens with zero attached hydrogens (tertiary/aromatic N) is 1. The van der Waals surface area contributed by atoms with Crippen molar-refractivity contribution >= 4 is 16.9 Å². The predicted octanol–water partition coefficient (Wildman–Crippen LogP) is 4.57. The molecular formula is C25H31FN4O. The van der Waals surface area contributed by atoms with Gasteiger partial charge in [0.2, 0.25) is 0 Å². The molecule has 0 spiro atoms. The van der Waals surface area contributed by atoms with Crippen LogP contribution in [0.4, 0.5) is 4.39 Å². The van der Waals surface area contributed by atoms with Crippen LogP contribution in [0.2, 0.25) is 0 Å². The van der Waals surface area contributed by atoms with Crippen LogP contribution in [0.15, 0.2) is 59.7 Å². The Morgan fingerprint density at radius 1 is 1.19 bits per heavy atom. The summed E-state index contributed by atoms with van der Waals surface area (Å²) in [5, 5.41) is 7.85. The van der Waals surface area contributed by atoms with Crippen molar-refractivity contribution in [2.24, 2.45) is 10.9 Å². The maximum atomic E-state index is 13.4. The van der Waals surface area contributed by atoms with E-state index in [4.69, 9.17) is 9.73 Å². The molecule has 3 aromatic rings. The van der Waals surface area contributed by atoms with Gasteiger partial charge < -0.3 is 20.4 Å². The topological polar surface area (TPSA) is 61.4 Å². The number of benzene rings is 2. The lowest BCUT2D eigenvalue weighted by molar-refractivity contribution is -0.0250. The second kappa shape index (κ2) is 10.4. The molecule has 0 bridgehead atoms. The van der Waals surface area contributed by atoms with E-state index in [1.807, 2.05) is 18.3 Å². The molecule has 31 heavy (non-hydrogen) atoms. The molecule has 3 N–H and O–H groups in total. The number of aliphatic imine (C=N–C) groups is 1. The fourth-order valence-corrected chi connectivity index (χ4v) is 4.27. The van der Waals surface area contributed by atoms with E-state index in [1.165, 1.54) is 23.3 Å². The van der Waals surface area contributed by atoms with Crippen LogP contribution >= 0.6 is 0 Å². The summed E-state index contributed by atoms with van der Waals surface area (Å²) in [6.07, 6.45) is 5.09. The molecule has 2 heterocycles. The summed E-state index contributed by atoms with van der Waals surface area (Å²) in [7, 11) is 0. The van der Waals surface area contributed by atoms with E-state index >= 15 is 0 Å². The van der Waals surface area contributed by atoms with Crippen molar-refractivity contribution in [2.75, 3.05) is 26.2 Å². The van der Waals surface area contributed by atoms with Crippen molar-refractivity contribution in [1.29, 1.82) is 0 Å². The zero-order valence-corrected chi connectivity index (χ0v) is 18.0. The largest absolute Gasteiger partial charge is 0.373 e. The summed E-state index contributed by atoms with van der Waals surface area (Å²) in [4.78, 5) is 8.02. The van der Waals surface area contributed by atoms with Crippen LogP contribution in [-0.4, -0.2) is 37.2 Å². The van der Waals surface area contributed by atoms with Gasteiger partial charge in [0.25, 0.3) is 0 Å². The van der Waals surface area contributed by atoms with Gasteiger partial charge >= 0.3 is 0 Å². The molecule has 6 heteroatoms. The number of ether oxygens (including phenoxy) is 1. The van der Waals surface area contributed by atoms with E-state index in [2.05, 4.69) is 46.8 Å². The number of fused-ring (bicyclic) bond motifs is 1.